The highest BCUT2D eigenvalue weighted by atomic mass is 19.1. The van der Waals surface area contributed by atoms with Crippen molar-refractivity contribution in [2.45, 2.75) is 31.7 Å². The van der Waals surface area contributed by atoms with Crippen LogP contribution in [0.25, 0.3) is 0 Å². The highest BCUT2D eigenvalue weighted by Gasteiger charge is 2.25. The van der Waals surface area contributed by atoms with Crippen molar-refractivity contribution in [3.05, 3.63) is 24.0 Å². The average molecular weight is 262 g/mol. The van der Waals surface area contributed by atoms with E-state index in [-0.39, 0.29) is 11.7 Å². The third kappa shape index (κ3) is 2.98. The maximum atomic E-state index is 13.4. The van der Waals surface area contributed by atoms with Gasteiger partial charge < -0.3 is 9.64 Å². The molecule has 0 N–H and O–H groups in total. The predicted octanol–water partition coefficient (Wildman–Crippen LogP) is 3.35. The molecule has 0 aromatic heterocycles. The molecule has 102 valence electrons. The number of rotatable bonds is 3. The molecule has 0 atom stereocenters. The van der Waals surface area contributed by atoms with Crippen LogP contribution in [0.2, 0.25) is 0 Å². The Morgan fingerprint density at radius 2 is 2.00 bits per heavy atom. The monoisotopic (exact) mass is 262 g/mol. The van der Waals surface area contributed by atoms with Crippen molar-refractivity contribution in [2.75, 3.05) is 19.1 Å². The van der Waals surface area contributed by atoms with Gasteiger partial charge in [-0.15, -0.1) is 0 Å². The van der Waals surface area contributed by atoms with Gasteiger partial charge in [0.1, 0.15) is 11.6 Å². The van der Waals surface area contributed by atoms with Crippen molar-refractivity contribution in [1.82, 2.24) is 0 Å². The molecule has 1 fully saturated rings. The molecule has 4 heteroatoms. The standard InChI is InChI=1S/C15H19FN2O/c1-18(13-6-3-11(10-17)4-7-13)14-9-12(16)5-8-15(14)19-2/h5,8-9,11,13H,3-4,6-7H2,1-2H3. The second kappa shape index (κ2) is 5.92. The largest absolute Gasteiger partial charge is 0.495 e. The maximum Gasteiger partial charge on any atom is 0.142 e. The van der Waals surface area contributed by atoms with Gasteiger partial charge in [-0.05, 0) is 37.8 Å². The fourth-order valence-corrected chi connectivity index (χ4v) is 2.73. The SMILES string of the molecule is COc1ccc(F)cc1N(C)C1CCC(C#N)CC1. The minimum atomic E-state index is -0.256. The van der Waals surface area contributed by atoms with Crippen molar-refractivity contribution >= 4 is 5.69 Å². The van der Waals surface area contributed by atoms with Crippen LogP contribution in [0, 0.1) is 23.1 Å². The maximum absolute atomic E-state index is 13.4. The van der Waals surface area contributed by atoms with E-state index in [1.165, 1.54) is 12.1 Å². The van der Waals surface area contributed by atoms with Gasteiger partial charge in [-0.3, -0.25) is 0 Å². The molecule has 0 radical (unpaired) electrons. The molecular weight excluding hydrogens is 243 g/mol. The normalized spacial score (nSPS) is 22.6. The first-order chi connectivity index (χ1) is 9.15. The molecule has 1 saturated carbocycles. The molecule has 3 nitrogen and oxygen atoms in total. The third-order valence-corrected chi connectivity index (χ3v) is 3.95. The lowest BCUT2D eigenvalue weighted by atomic mass is 9.86. The Balaban J connectivity index is 2.14. The highest BCUT2D eigenvalue weighted by Crippen LogP contribution is 2.34. The molecule has 19 heavy (non-hydrogen) atoms. The number of nitriles is 1. The van der Waals surface area contributed by atoms with Crippen LogP contribution in [0.1, 0.15) is 25.7 Å². The molecule has 2 rings (SSSR count). The summed E-state index contributed by atoms with van der Waals surface area (Å²) in [5.74, 6) is 0.610. The Morgan fingerprint density at radius 3 is 2.58 bits per heavy atom. The smallest absolute Gasteiger partial charge is 0.142 e. The lowest BCUT2D eigenvalue weighted by molar-refractivity contribution is 0.366. The van der Waals surface area contributed by atoms with E-state index < -0.39 is 0 Å². The second-order valence-electron chi connectivity index (χ2n) is 5.06. The number of halogens is 1. The van der Waals surface area contributed by atoms with E-state index in [2.05, 4.69) is 11.0 Å². The van der Waals surface area contributed by atoms with Crippen molar-refractivity contribution in [2.24, 2.45) is 5.92 Å². The minimum absolute atomic E-state index is 0.180. The van der Waals surface area contributed by atoms with Gasteiger partial charge >= 0.3 is 0 Å². The summed E-state index contributed by atoms with van der Waals surface area (Å²) >= 11 is 0. The molecule has 0 heterocycles. The molecule has 1 aromatic rings. The summed E-state index contributed by atoms with van der Waals surface area (Å²) in [5, 5.41) is 8.92. The molecule has 0 spiro atoms. The van der Waals surface area contributed by atoms with E-state index in [0.717, 1.165) is 31.4 Å². The van der Waals surface area contributed by atoms with Gasteiger partial charge in [-0.25, -0.2) is 4.39 Å². The first-order valence-corrected chi connectivity index (χ1v) is 6.61. The second-order valence-corrected chi connectivity index (χ2v) is 5.06. The first kappa shape index (κ1) is 13.7. The van der Waals surface area contributed by atoms with Crippen LogP contribution in [0.4, 0.5) is 10.1 Å². The molecule has 1 aliphatic carbocycles. The topological polar surface area (TPSA) is 36.3 Å². The zero-order valence-corrected chi connectivity index (χ0v) is 11.4. The Kier molecular flexibility index (Phi) is 4.26. The lowest BCUT2D eigenvalue weighted by Gasteiger charge is -2.35. The number of nitrogens with zero attached hydrogens (tertiary/aromatic N) is 2. The summed E-state index contributed by atoms with van der Waals surface area (Å²) in [6.07, 6.45) is 3.77. The van der Waals surface area contributed by atoms with E-state index in [0.29, 0.717) is 11.8 Å². The van der Waals surface area contributed by atoms with Crippen LogP contribution in [-0.4, -0.2) is 20.2 Å². The molecule has 1 aromatic carbocycles. The lowest BCUT2D eigenvalue weighted by Crippen LogP contribution is -2.35. The summed E-state index contributed by atoms with van der Waals surface area (Å²) in [6.45, 7) is 0. The number of methoxy groups -OCH3 is 1. The quantitative estimate of drug-likeness (QED) is 0.838. The first-order valence-electron chi connectivity index (χ1n) is 6.61. The van der Waals surface area contributed by atoms with Gasteiger partial charge in [-0.2, -0.15) is 5.26 Å². The van der Waals surface area contributed by atoms with E-state index in [9.17, 15) is 4.39 Å². The van der Waals surface area contributed by atoms with Crippen molar-refractivity contribution in [3.63, 3.8) is 0 Å². The van der Waals surface area contributed by atoms with Gasteiger partial charge in [0.05, 0.1) is 18.9 Å². The van der Waals surface area contributed by atoms with Gasteiger partial charge in [0, 0.05) is 25.1 Å². The van der Waals surface area contributed by atoms with Gasteiger partial charge in [0.25, 0.3) is 0 Å². The highest BCUT2D eigenvalue weighted by molar-refractivity contribution is 5.58. The number of anilines is 1. The zero-order chi connectivity index (χ0) is 13.8. The summed E-state index contributed by atoms with van der Waals surface area (Å²) in [6, 6.07) is 7.25. The number of benzene rings is 1. The number of hydrogen-bond donors (Lipinski definition) is 0. The fourth-order valence-electron chi connectivity index (χ4n) is 2.73. The Labute approximate surface area is 113 Å². The van der Waals surface area contributed by atoms with E-state index in [1.54, 1.807) is 13.2 Å². The zero-order valence-electron chi connectivity index (χ0n) is 11.4. The van der Waals surface area contributed by atoms with Crippen LogP contribution in [0.15, 0.2) is 18.2 Å². The molecule has 0 bridgehead atoms. The van der Waals surface area contributed by atoms with Crippen LogP contribution < -0.4 is 9.64 Å². The van der Waals surface area contributed by atoms with Gasteiger partial charge in [0.15, 0.2) is 0 Å². The molecule has 0 amide bonds. The van der Waals surface area contributed by atoms with Gasteiger partial charge in [0.2, 0.25) is 0 Å². The van der Waals surface area contributed by atoms with E-state index in [1.807, 2.05) is 7.05 Å². The Morgan fingerprint density at radius 1 is 1.32 bits per heavy atom. The van der Waals surface area contributed by atoms with E-state index >= 15 is 0 Å². The van der Waals surface area contributed by atoms with Crippen LogP contribution in [0.5, 0.6) is 5.75 Å². The average Bonchev–Trinajstić information content (AvgIpc) is 2.46. The third-order valence-electron chi connectivity index (χ3n) is 3.95. The minimum Gasteiger partial charge on any atom is -0.495 e. The molecule has 0 aliphatic heterocycles. The predicted molar refractivity (Wildman–Crippen MR) is 72.7 cm³/mol. The molecular formula is C15H19FN2O. The number of hydrogen-bond acceptors (Lipinski definition) is 3. The summed E-state index contributed by atoms with van der Waals surface area (Å²) in [4.78, 5) is 2.08. The molecule has 1 aliphatic rings. The van der Waals surface area contributed by atoms with Crippen LogP contribution in [-0.2, 0) is 0 Å². The summed E-state index contributed by atoms with van der Waals surface area (Å²) in [7, 11) is 3.56. The van der Waals surface area contributed by atoms with E-state index in [4.69, 9.17) is 10.00 Å². The Hall–Kier alpha value is -1.76. The van der Waals surface area contributed by atoms with Crippen molar-refractivity contribution in [3.8, 4) is 11.8 Å². The Bertz CT molecular complexity index is 476. The summed E-state index contributed by atoms with van der Waals surface area (Å²) < 4.78 is 18.7. The van der Waals surface area contributed by atoms with Crippen molar-refractivity contribution < 1.29 is 9.13 Å². The van der Waals surface area contributed by atoms with Crippen LogP contribution in [0.3, 0.4) is 0 Å². The number of ether oxygens (including phenoxy) is 1. The van der Waals surface area contributed by atoms with Crippen LogP contribution >= 0.6 is 0 Å². The van der Waals surface area contributed by atoms with Crippen molar-refractivity contribution in [1.29, 1.82) is 5.26 Å². The molecule has 0 saturated heterocycles. The fraction of sp³-hybridized carbons (Fsp3) is 0.533. The van der Waals surface area contributed by atoms with Gasteiger partial charge in [-0.1, -0.05) is 0 Å². The molecule has 0 unspecified atom stereocenters. The summed E-state index contributed by atoms with van der Waals surface area (Å²) in [5.41, 5.74) is 0.780.